The molecule has 2 fully saturated rings. The normalized spacial score (nSPS) is 37.6. The minimum absolute atomic E-state index is 0.410. The first-order valence-corrected chi connectivity index (χ1v) is 5.76. The van der Waals surface area contributed by atoms with Gasteiger partial charge in [0.15, 0.2) is 0 Å². The predicted molar refractivity (Wildman–Crippen MR) is 54.3 cm³/mol. The van der Waals surface area contributed by atoms with Gasteiger partial charge >= 0.3 is 0 Å². The highest BCUT2D eigenvalue weighted by Crippen LogP contribution is 2.20. The van der Waals surface area contributed by atoms with Crippen LogP contribution in [-0.4, -0.2) is 42.6 Å². The van der Waals surface area contributed by atoms with Gasteiger partial charge in [-0.2, -0.15) is 0 Å². The Morgan fingerprint density at radius 2 is 2.08 bits per heavy atom. The Bertz CT molecular complexity index is 159. The Morgan fingerprint density at radius 1 is 1.15 bits per heavy atom. The zero-order chi connectivity index (χ0) is 9.10. The molecule has 0 radical (unpaired) electrons. The van der Waals surface area contributed by atoms with Crippen molar-refractivity contribution in [2.75, 3.05) is 26.3 Å². The van der Waals surface area contributed by atoms with E-state index in [9.17, 15) is 0 Å². The maximum absolute atomic E-state index is 6.14. The summed E-state index contributed by atoms with van der Waals surface area (Å²) in [4.78, 5) is 2.56. The molecule has 0 saturated carbocycles. The number of nitrogens with zero attached hydrogens (tertiary/aromatic N) is 1. The van der Waals surface area contributed by atoms with Crippen LogP contribution in [0.5, 0.6) is 0 Å². The molecule has 0 N–H and O–H groups in total. The number of hydrogen-bond donors (Lipinski definition) is 0. The van der Waals surface area contributed by atoms with Gasteiger partial charge in [0.2, 0.25) is 0 Å². The molecule has 3 heteroatoms. The number of ether oxygens (including phenoxy) is 1. The number of halogens is 1. The van der Waals surface area contributed by atoms with Gasteiger partial charge in [-0.05, 0) is 38.8 Å². The van der Waals surface area contributed by atoms with Crippen molar-refractivity contribution in [3.63, 3.8) is 0 Å². The van der Waals surface area contributed by atoms with E-state index in [-0.39, 0.29) is 0 Å². The molecule has 2 aliphatic rings. The minimum atomic E-state index is 0.410. The number of alkyl halides is 1. The fourth-order valence-corrected chi connectivity index (χ4v) is 2.51. The molecule has 0 aromatic carbocycles. The first-order valence-electron chi connectivity index (χ1n) is 5.32. The molecule has 2 heterocycles. The molecule has 2 unspecified atom stereocenters. The van der Waals surface area contributed by atoms with E-state index in [4.69, 9.17) is 16.3 Å². The first-order chi connectivity index (χ1) is 6.36. The zero-order valence-electron chi connectivity index (χ0n) is 8.04. The monoisotopic (exact) mass is 203 g/mol. The van der Waals surface area contributed by atoms with Gasteiger partial charge in [0.1, 0.15) is 0 Å². The van der Waals surface area contributed by atoms with Crippen LogP contribution in [0, 0.1) is 0 Å². The molecule has 0 bridgehead atoms. The lowest BCUT2D eigenvalue weighted by Crippen LogP contribution is -2.36. The quantitative estimate of drug-likeness (QED) is 0.604. The molecule has 2 saturated heterocycles. The average Bonchev–Trinajstić information content (AvgIpc) is 2.56. The van der Waals surface area contributed by atoms with Gasteiger partial charge in [-0.3, -0.25) is 4.90 Å². The van der Waals surface area contributed by atoms with Gasteiger partial charge in [-0.15, -0.1) is 11.6 Å². The van der Waals surface area contributed by atoms with Gasteiger partial charge in [0.05, 0.1) is 6.61 Å². The molecule has 76 valence electrons. The molecule has 2 atom stereocenters. The Kier molecular flexibility index (Phi) is 3.47. The second kappa shape index (κ2) is 4.63. The predicted octanol–water partition coefficient (Wildman–Crippen LogP) is 1.87. The lowest BCUT2D eigenvalue weighted by molar-refractivity contribution is 0.146. The summed E-state index contributed by atoms with van der Waals surface area (Å²) in [7, 11) is 0. The van der Waals surface area contributed by atoms with E-state index in [2.05, 4.69) is 4.90 Å². The third-order valence-corrected chi connectivity index (χ3v) is 3.55. The van der Waals surface area contributed by atoms with Gasteiger partial charge in [-0.25, -0.2) is 0 Å². The summed E-state index contributed by atoms with van der Waals surface area (Å²) < 4.78 is 5.40. The van der Waals surface area contributed by atoms with Crippen LogP contribution in [0.15, 0.2) is 0 Å². The second-order valence-corrected chi connectivity index (χ2v) is 4.70. The fourth-order valence-electron chi connectivity index (χ4n) is 2.25. The van der Waals surface area contributed by atoms with Crippen LogP contribution in [-0.2, 0) is 4.74 Å². The molecular formula is C10H18ClNO. The van der Waals surface area contributed by atoms with E-state index >= 15 is 0 Å². The molecule has 2 nitrogen and oxygen atoms in total. The average molecular weight is 204 g/mol. The molecule has 0 aliphatic carbocycles. The van der Waals surface area contributed by atoms with Crippen molar-refractivity contribution in [2.45, 2.75) is 37.1 Å². The van der Waals surface area contributed by atoms with Crippen LogP contribution < -0.4 is 0 Å². The van der Waals surface area contributed by atoms with E-state index in [1.54, 1.807) is 0 Å². The second-order valence-electron chi connectivity index (χ2n) is 4.08. The van der Waals surface area contributed by atoms with Gasteiger partial charge in [0.25, 0.3) is 0 Å². The van der Waals surface area contributed by atoms with Gasteiger partial charge in [0, 0.05) is 18.0 Å². The van der Waals surface area contributed by atoms with Crippen LogP contribution in [0.2, 0.25) is 0 Å². The number of rotatable bonds is 1. The van der Waals surface area contributed by atoms with Gasteiger partial charge in [-0.1, -0.05) is 0 Å². The van der Waals surface area contributed by atoms with Crippen molar-refractivity contribution in [3.8, 4) is 0 Å². The van der Waals surface area contributed by atoms with Crippen molar-refractivity contribution >= 4 is 11.6 Å². The number of likely N-dealkylation sites (tertiary alicyclic amines) is 1. The highest BCUT2D eigenvalue weighted by molar-refractivity contribution is 6.20. The Morgan fingerprint density at radius 3 is 2.85 bits per heavy atom. The third-order valence-electron chi connectivity index (χ3n) is 3.11. The molecule has 13 heavy (non-hydrogen) atoms. The van der Waals surface area contributed by atoms with Crippen molar-refractivity contribution in [2.24, 2.45) is 0 Å². The van der Waals surface area contributed by atoms with E-state index in [1.165, 1.54) is 32.4 Å². The number of hydrogen-bond acceptors (Lipinski definition) is 2. The third kappa shape index (κ3) is 2.58. The van der Waals surface area contributed by atoms with Crippen LogP contribution in [0.3, 0.4) is 0 Å². The Balaban J connectivity index is 1.84. The largest absolute Gasteiger partial charge is 0.380 e. The smallest absolute Gasteiger partial charge is 0.0622 e. The van der Waals surface area contributed by atoms with Crippen molar-refractivity contribution in [1.82, 2.24) is 4.90 Å². The summed E-state index contributed by atoms with van der Waals surface area (Å²) in [5, 5.41) is 0.410. The summed E-state index contributed by atoms with van der Waals surface area (Å²) >= 11 is 6.14. The highest BCUT2D eigenvalue weighted by Gasteiger charge is 2.25. The van der Waals surface area contributed by atoms with E-state index in [1.807, 2.05) is 0 Å². The minimum Gasteiger partial charge on any atom is -0.380 e. The van der Waals surface area contributed by atoms with Crippen molar-refractivity contribution < 1.29 is 4.74 Å². The van der Waals surface area contributed by atoms with Crippen molar-refractivity contribution in [3.05, 3.63) is 0 Å². The summed E-state index contributed by atoms with van der Waals surface area (Å²) in [5.74, 6) is 0. The lowest BCUT2D eigenvalue weighted by atomic mass is 10.2. The topological polar surface area (TPSA) is 12.5 Å². The molecule has 0 amide bonds. The van der Waals surface area contributed by atoms with Crippen LogP contribution >= 0.6 is 11.6 Å². The molecule has 2 rings (SSSR count). The first kappa shape index (κ1) is 9.75. The highest BCUT2D eigenvalue weighted by atomic mass is 35.5. The maximum Gasteiger partial charge on any atom is 0.0622 e. The SMILES string of the molecule is ClC1CCCN(C2CCOC2)CC1. The molecular weight excluding hydrogens is 186 g/mol. The van der Waals surface area contributed by atoms with E-state index in [0.717, 1.165) is 19.6 Å². The van der Waals surface area contributed by atoms with Crippen LogP contribution in [0.4, 0.5) is 0 Å². The summed E-state index contributed by atoms with van der Waals surface area (Å²) in [6.45, 7) is 4.28. The summed E-state index contributed by atoms with van der Waals surface area (Å²) in [6.07, 6.45) is 4.81. The zero-order valence-corrected chi connectivity index (χ0v) is 8.80. The Hall–Kier alpha value is 0.210. The molecule has 0 aromatic heterocycles. The molecule has 0 aromatic rings. The summed E-state index contributed by atoms with van der Waals surface area (Å²) in [5.41, 5.74) is 0. The molecule has 2 aliphatic heterocycles. The van der Waals surface area contributed by atoms with E-state index in [0.29, 0.717) is 11.4 Å². The fraction of sp³-hybridized carbons (Fsp3) is 1.00. The standard InChI is InChI=1S/C10H18ClNO/c11-9-2-1-5-12(6-3-9)10-4-7-13-8-10/h9-10H,1-8H2. The van der Waals surface area contributed by atoms with Crippen LogP contribution in [0.1, 0.15) is 25.7 Å². The molecule has 0 spiro atoms. The lowest BCUT2D eigenvalue weighted by Gasteiger charge is -2.25. The van der Waals surface area contributed by atoms with Gasteiger partial charge < -0.3 is 4.74 Å². The van der Waals surface area contributed by atoms with Crippen LogP contribution in [0.25, 0.3) is 0 Å². The van der Waals surface area contributed by atoms with Crippen molar-refractivity contribution in [1.29, 1.82) is 0 Å². The summed E-state index contributed by atoms with van der Waals surface area (Å²) in [6, 6.07) is 0.682. The van der Waals surface area contributed by atoms with E-state index < -0.39 is 0 Å². The Labute approximate surface area is 85.2 Å². The maximum atomic E-state index is 6.14.